The van der Waals surface area contributed by atoms with Crippen LogP contribution in [-0.4, -0.2) is 17.3 Å². The van der Waals surface area contributed by atoms with E-state index in [9.17, 15) is 4.79 Å². The lowest BCUT2D eigenvalue weighted by atomic mass is 10.0. The molecule has 22 heavy (non-hydrogen) atoms. The van der Waals surface area contributed by atoms with Crippen LogP contribution in [0.25, 0.3) is 0 Å². The molecule has 0 saturated heterocycles. The van der Waals surface area contributed by atoms with Gasteiger partial charge < -0.3 is 10.1 Å². The fourth-order valence-electron chi connectivity index (χ4n) is 2.37. The van der Waals surface area contributed by atoms with Crippen molar-refractivity contribution in [2.24, 2.45) is 5.92 Å². The smallest absolute Gasteiger partial charge is 0.227 e. The van der Waals surface area contributed by atoms with Crippen molar-refractivity contribution in [1.82, 2.24) is 0 Å². The molecule has 0 bridgehead atoms. The highest BCUT2D eigenvalue weighted by Gasteiger charge is 2.16. The summed E-state index contributed by atoms with van der Waals surface area (Å²) in [5, 5.41) is 3.02. The van der Waals surface area contributed by atoms with Crippen LogP contribution in [0.1, 0.15) is 52.5 Å². The molecule has 1 amide bonds. The lowest BCUT2D eigenvalue weighted by Gasteiger charge is -2.17. The number of hydrogen-bond acceptors (Lipinski definition) is 2. The average Bonchev–Trinajstić information content (AvgIpc) is 2.51. The van der Waals surface area contributed by atoms with E-state index >= 15 is 0 Å². The Balaban J connectivity index is 2.91. The van der Waals surface area contributed by atoms with Gasteiger partial charge in [0.25, 0.3) is 0 Å². The molecule has 1 atom stereocenters. The minimum absolute atomic E-state index is 0.0566. The summed E-state index contributed by atoms with van der Waals surface area (Å²) in [4.78, 5) is 12.7. The lowest BCUT2D eigenvalue weighted by molar-refractivity contribution is -0.120. The van der Waals surface area contributed by atoms with Crippen LogP contribution < -0.4 is 10.1 Å². The summed E-state index contributed by atoms with van der Waals surface area (Å²) in [6.45, 7) is 8.79. The maximum absolute atomic E-state index is 12.3. The predicted octanol–water partition coefficient (Wildman–Crippen LogP) is 5.18. The van der Waals surface area contributed by atoms with Crippen LogP contribution in [0.15, 0.2) is 18.2 Å². The molecule has 0 spiro atoms. The Morgan fingerprint density at radius 2 is 1.86 bits per heavy atom. The number of hydrogen-bond donors (Lipinski definition) is 1. The molecule has 0 heterocycles. The third-order valence-electron chi connectivity index (χ3n) is 3.86. The average molecular weight is 370 g/mol. The first kappa shape index (κ1) is 19.0. The molecule has 0 fully saturated rings. The minimum Gasteiger partial charge on any atom is -0.492 e. The number of carbonyl (C=O) groups excluding carboxylic acids is 1. The molecule has 1 rings (SSSR count). The van der Waals surface area contributed by atoms with E-state index in [-0.39, 0.29) is 11.8 Å². The maximum Gasteiger partial charge on any atom is 0.227 e. The summed E-state index contributed by atoms with van der Waals surface area (Å²) in [5.41, 5.74) is 1.98. The van der Waals surface area contributed by atoms with Gasteiger partial charge in [0.15, 0.2) is 0 Å². The largest absolute Gasteiger partial charge is 0.492 e. The standard InChI is InChI=1S/C18H28BrNO2/c1-5-14(6-2)18(21)20-16-10-9-13(11-15(19)7-3)12-17(16)22-8-4/h9-10,12,14-15H,5-8,11H2,1-4H3,(H,20,21). The molecule has 1 unspecified atom stereocenters. The van der Waals surface area contributed by atoms with E-state index in [4.69, 9.17) is 4.74 Å². The molecule has 0 aromatic heterocycles. The zero-order valence-electron chi connectivity index (χ0n) is 14.1. The first-order chi connectivity index (χ1) is 10.5. The highest BCUT2D eigenvalue weighted by atomic mass is 79.9. The normalized spacial score (nSPS) is 12.3. The molecule has 0 aliphatic rings. The van der Waals surface area contributed by atoms with E-state index in [1.165, 1.54) is 5.56 Å². The summed E-state index contributed by atoms with van der Waals surface area (Å²) in [7, 11) is 0. The zero-order chi connectivity index (χ0) is 16.5. The van der Waals surface area contributed by atoms with Crippen molar-refractivity contribution in [3.8, 4) is 5.75 Å². The van der Waals surface area contributed by atoms with Crippen molar-refractivity contribution in [3.05, 3.63) is 23.8 Å². The summed E-state index contributed by atoms with van der Waals surface area (Å²) in [6, 6.07) is 6.06. The second kappa shape index (κ2) is 9.88. The third-order valence-corrected chi connectivity index (χ3v) is 4.83. The van der Waals surface area contributed by atoms with E-state index in [1.54, 1.807) is 0 Å². The van der Waals surface area contributed by atoms with Gasteiger partial charge >= 0.3 is 0 Å². The Bertz CT molecular complexity index is 472. The van der Waals surface area contributed by atoms with Crippen LogP contribution in [-0.2, 0) is 11.2 Å². The van der Waals surface area contributed by atoms with Crippen LogP contribution in [0.2, 0.25) is 0 Å². The predicted molar refractivity (Wildman–Crippen MR) is 97.0 cm³/mol. The number of carbonyl (C=O) groups is 1. The fourth-order valence-corrected chi connectivity index (χ4v) is 2.74. The number of alkyl halides is 1. The maximum atomic E-state index is 12.3. The van der Waals surface area contributed by atoms with Crippen molar-refractivity contribution in [2.75, 3.05) is 11.9 Å². The van der Waals surface area contributed by atoms with Crippen molar-refractivity contribution >= 4 is 27.5 Å². The first-order valence-corrected chi connectivity index (χ1v) is 9.17. The zero-order valence-corrected chi connectivity index (χ0v) is 15.7. The number of rotatable bonds is 9. The summed E-state index contributed by atoms with van der Waals surface area (Å²) in [5.74, 6) is 0.891. The topological polar surface area (TPSA) is 38.3 Å². The molecular weight excluding hydrogens is 342 g/mol. The van der Waals surface area contributed by atoms with Crippen LogP contribution in [0.3, 0.4) is 0 Å². The van der Waals surface area contributed by atoms with E-state index in [0.717, 1.165) is 37.1 Å². The molecule has 0 aliphatic carbocycles. The quantitative estimate of drug-likeness (QED) is 0.609. The highest BCUT2D eigenvalue weighted by molar-refractivity contribution is 9.09. The summed E-state index contributed by atoms with van der Waals surface area (Å²) < 4.78 is 5.71. The van der Waals surface area contributed by atoms with Crippen LogP contribution in [0, 0.1) is 5.92 Å². The summed E-state index contributed by atoms with van der Waals surface area (Å²) >= 11 is 3.66. The molecule has 0 saturated carbocycles. The van der Waals surface area contributed by atoms with Gasteiger partial charge in [0.2, 0.25) is 5.91 Å². The molecule has 1 N–H and O–H groups in total. The number of benzene rings is 1. The minimum atomic E-state index is 0.0566. The van der Waals surface area contributed by atoms with Crippen molar-refractivity contribution < 1.29 is 9.53 Å². The van der Waals surface area contributed by atoms with Gasteiger partial charge in [0, 0.05) is 10.7 Å². The van der Waals surface area contributed by atoms with Gasteiger partial charge in [0.1, 0.15) is 5.75 Å². The Labute approximate surface area is 143 Å². The number of halogens is 1. The van der Waals surface area contributed by atoms with Gasteiger partial charge in [-0.2, -0.15) is 0 Å². The van der Waals surface area contributed by atoms with Crippen molar-refractivity contribution in [3.63, 3.8) is 0 Å². The molecule has 0 aliphatic heterocycles. The van der Waals surface area contributed by atoms with Gasteiger partial charge in [-0.3, -0.25) is 4.79 Å². The molecule has 3 nitrogen and oxygen atoms in total. The molecule has 124 valence electrons. The Morgan fingerprint density at radius 1 is 1.18 bits per heavy atom. The monoisotopic (exact) mass is 369 g/mol. The SMILES string of the molecule is CCOc1cc(CC(Br)CC)ccc1NC(=O)C(CC)CC. The van der Waals surface area contributed by atoms with E-state index in [2.05, 4.69) is 34.2 Å². The van der Waals surface area contributed by atoms with Crippen molar-refractivity contribution in [2.45, 2.75) is 58.2 Å². The Kier molecular flexibility index (Phi) is 8.54. The van der Waals surface area contributed by atoms with Gasteiger partial charge in [-0.25, -0.2) is 0 Å². The van der Waals surface area contributed by atoms with Gasteiger partial charge in [-0.05, 0) is 50.3 Å². The van der Waals surface area contributed by atoms with Gasteiger partial charge in [-0.15, -0.1) is 0 Å². The first-order valence-electron chi connectivity index (χ1n) is 8.26. The van der Waals surface area contributed by atoms with E-state index < -0.39 is 0 Å². The Hall–Kier alpha value is -1.03. The molecular formula is C18H28BrNO2. The summed E-state index contributed by atoms with van der Waals surface area (Å²) in [6.07, 6.45) is 3.74. The van der Waals surface area contributed by atoms with Crippen LogP contribution >= 0.6 is 15.9 Å². The van der Waals surface area contributed by atoms with Crippen molar-refractivity contribution in [1.29, 1.82) is 0 Å². The number of amides is 1. The Morgan fingerprint density at radius 3 is 2.41 bits per heavy atom. The lowest BCUT2D eigenvalue weighted by Crippen LogP contribution is -2.22. The van der Waals surface area contributed by atoms with E-state index in [1.807, 2.05) is 32.9 Å². The molecule has 1 aromatic rings. The second-order valence-electron chi connectivity index (χ2n) is 5.48. The fraction of sp³-hybridized carbons (Fsp3) is 0.611. The number of ether oxygens (including phenoxy) is 1. The number of anilines is 1. The molecule has 4 heteroatoms. The highest BCUT2D eigenvalue weighted by Crippen LogP contribution is 2.28. The second-order valence-corrected chi connectivity index (χ2v) is 6.77. The van der Waals surface area contributed by atoms with Crippen LogP contribution in [0.4, 0.5) is 5.69 Å². The van der Waals surface area contributed by atoms with E-state index in [0.29, 0.717) is 11.4 Å². The van der Waals surface area contributed by atoms with Gasteiger partial charge in [-0.1, -0.05) is 42.8 Å². The molecule has 1 aromatic carbocycles. The third kappa shape index (κ3) is 5.64. The number of nitrogens with one attached hydrogen (secondary N) is 1. The molecule has 0 radical (unpaired) electrons. The van der Waals surface area contributed by atoms with Gasteiger partial charge in [0.05, 0.1) is 12.3 Å². The van der Waals surface area contributed by atoms with Crippen LogP contribution in [0.5, 0.6) is 5.75 Å².